The zero-order valence-electron chi connectivity index (χ0n) is 7.59. The van der Waals surface area contributed by atoms with Gasteiger partial charge in [-0.25, -0.2) is 0 Å². The minimum atomic E-state index is 0.121. The number of rotatable bonds is 4. The summed E-state index contributed by atoms with van der Waals surface area (Å²) < 4.78 is 0. The summed E-state index contributed by atoms with van der Waals surface area (Å²) in [5, 5.41) is 0.365. The van der Waals surface area contributed by atoms with Crippen molar-refractivity contribution in [3.8, 4) is 0 Å². The first-order valence-corrected chi connectivity index (χ1v) is 5.84. The summed E-state index contributed by atoms with van der Waals surface area (Å²) >= 11 is 8.77. The number of Topliss-reactive ketones (excluding diaryl/α,β-unsaturated/α-hetero) is 1. The Morgan fingerprint density at radius 1 is 1.50 bits per heavy atom. The number of ketones is 1. The number of anilines is 1. The van der Waals surface area contributed by atoms with Crippen molar-refractivity contribution in [2.24, 2.45) is 0 Å². The Morgan fingerprint density at radius 3 is 2.71 bits per heavy atom. The van der Waals surface area contributed by atoms with Gasteiger partial charge in [-0.15, -0.1) is 11.6 Å². The van der Waals surface area contributed by atoms with Crippen molar-refractivity contribution in [3.63, 3.8) is 0 Å². The van der Waals surface area contributed by atoms with Gasteiger partial charge in [0, 0.05) is 18.0 Å². The van der Waals surface area contributed by atoms with E-state index in [0.717, 1.165) is 11.1 Å². The standard InChI is InChI=1S/C10H11BrClNO/c11-5-9(14)4-8-2-1-7(6-12)3-10(8)13/h1-3H,4-6,13H2. The highest BCUT2D eigenvalue weighted by molar-refractivity contribution is 9.09. The van der Waals surface area contributed by atoms with Gasteiger partial charge in [0.25, 0.3) is 0 Å². The van der Waals surface area contributed by atoms with Gasteiger partial charge in [0.05, 0.1) is 5.33 Å². The molecule has 0 saturated heterocycles. The largest absolute Gasteiger partial charge is 0.398 e. The fraction of sp³-hybridized carbons (Fsp3) is 0.300. The molecule has 1 aromatic carbocycles. The fourth-order valence-corrected chi connectivity index (χ4v) is 1.51. The molecule has 0 bridgehead atoms. The van der Waals surface area contributed by atoms with Crippen LogP contribution in [-0.4, -0.2) is 11.1 Å². The number of alkyl halides is 2. The van der Waals surface area contributed by atoms with Gasteiger partial charge in [-0.05, 0) is 17.2 Å². The van der Waals surface area contributed by atoms with Crippen molar-refractivity contribution in [1.29, 1.82) is 0 Å². The zero-order chi connectivity index (χ0) is 10.6. The van der Waals surface area contributed by atoms with Crippen LogP contribution in [0.5, 0.6) is 0 Å². The number of hydrogen-bond acceptors (Lipinski definition) is 2. The Bertz CT molecular complexity index is 341. The first-order valence-electron chi connectivity index (χ1n) is 4.18. The molecule has 0 aromatic heterocycles. The highest BCUT2D eigenvalue weighted by Gasteiger charge is 2.05. The molecule has 2 nitrogen and oxygen atoms in total. The minimum absolute atomic E-state index is 0.121. The maximum atomic E-state index is 11.2. The molecule has 0 unspecified atom stereocenters. The Morgan fingerprint density at radius 2 is 2.21 bits per heavy atom. The average Bonchev–Trinajstić information content (AvgIpc) is 2.20. The molecule has 0 atom stereocenters. The predicted octanol–water partition coefficient (Wildman–Crippen LogP) is 2.51. The van der Waals surface area contributed by atoms with E-state index in [2.05, 4.69) is 15.9 Å². The molecule has 0 aliphatic carbocycles. The molecule has 0 fully saturated rings. The second kappa shape index (κ2) is 5.37. The van der Waals surface area contributed by atoms with Crippen LogP contribution >= 0.6 is 27.5 Å². The van der Waals surface area contributed by atoms with E-state index in [1.807, 2.05) is 18.2 Å². The van der Waals surface area contributed by atoms with Gasteiger partial charge in [0.2, 0.25) is 0 Å². The highest BCUT2D eigenvalue weighted by atomic mass is 79.9. The monoisotopic (exact) mass is 275 g/mol. The lowest BCUT2D eigenvalue weighted by molar-refractivity contribution is -0.115. The third-order valence-electron chi connectivity index (χ3n) is 1.90. The van der Waals surface area contributed by atoms with Crippen molar-refractivity contribution in [2.75, 3.05) is 11.1 Å². The fourth-order valence-electron chi connectivity index (χ4n) is 1.15. The van der Waals surface area contributed by atoms with Gasteiger partial charge >= 0.3 is 0 Å². The van der Waals surface area contributed by atoms with Gasteiger partial charge in [0.1, 0.15) is 5.78 Å². The smallest absolute Gasteiger partial charge is 0.147 e. The summed E-state index contributed by atoms with van der Waals surface area (Å²) in [6.45, 7) is 0. The van der Waals surface area contributed by atoms with Crippen LogP contribution in [0.15, 0.2) is 18.2 Å². The molecule has 14 heavy (non-hydrogen) atoms. The van der Waals surface area contributed by atoms with Crippen molar-refractivity contribution in [3.05, 3.63) is 29.3 Å². The maximum absolute atomic E-state index is 11.2. The number of nitrogen functional groups attached to an aromatic ring is 1. The summed E-state index contributed by atoms with van der Waals surface area (Å²) in [6.07, 6.45) is 0.375. The number of halogens is 2. The van der Waals surface area contributed by atoms with E-state index in [-0.39, 0.29) is 5.78 Å². The summed E-state index contributed by atoms with van der Waals surface area (Å²) in [7, 11) is 0. The van der Waals surface area contributed by atoms with Crippen LogP contribution in [0.3, 0.4) is 0 Å². The molecule has 0 heterocycles. The number of hydrogen-bond donors (Lipinski definition) is 1. The van der Waals surface area contributed by atoms with Gasteiger partial charge in [0.15, 0.2) is 0 Å². The SMILES string of the molecule is Nc1cc(CCl)ccc1CC(=O)CBr. The van der Waals surface area contributed by atoms with E-state index in [9.17, 15) is 4.79 Å². The summed E-state index contributed by atoms with van der Waals surface area (Å²) in [6, 6.07) is 5.55. The lowest BCUT2D eigenvalue weighted by Crippen LogP contribution is -2.06. The van der Waals surface area contributed by atoms with E-state index in [0.29, 0.717) is 23.3 Å². The van der Waals surface area contributed by atoms with E-state index in [1.165, 1.54) is 0 Å². The summed E-state index contributed by atoms with van der Waals surface area (Å²) in [4.78, 5) is 11.2. The minimum Gasteiger partial charge on any atom is -0.398 e. The molecule has 2 N–H and O–H groups in total. The van der Waals surface area contributed by atoms with Gasteiger partial charge in [-0.2, -0.15) is 0 Å². The molecule has 0 aliphatic heterocycles. The number of carbonyl (C=O) groups is 1. The van der Waals surface area contributed by atoms with Crippen molar-refractivity contribution in [2.45, 2.75) is 12.3 Å². The van der Waals surface area contributed by atoms with E-state index in [1.54, 1.807) is 0 Å². The van der Waals surface area contributed by atoms with Crippen LogP contribution in [0, 0.1) is 0 Å². The van der Waals surface area contributed by atoms with Crippen LogP contribution in [-0.2, 0) is 17.1 Å². The molecule has 0 saturated carbocycles. The molecule has 1 rings (SSSR count). The lowest BCUT2D eigenvalue weighted by Gasteiger charge is -2.05. The second-order valence-corrected chi connectivity index (χ2v) is 3.84. The van der Waals surface area contributed by atoms with E-state index >= 15 is 0 Å². The Hall–Kier alpha value is -0.540. The van der Waals surface area contributed by atoms with Gasteiger partial charge in [-0.3, -0.25) is 4.79 Å². The molecule has 1 aromatic rings. The molecule has 76 valence electrons. The topological polar surface area (TPSA) is 43.1 Å². The average molecular weight is 277 g/mol. The maximum Gasteiger partial charge on any atom is 0.147 e. The first kappa shape index (κ1) is 11.5. The van der Waals surface area contributed by atoms with Crippen LogP contribution in [0.2, 0.25) is 0 Å². The van der Waals surface area contributed by atoms with Crippen molar-refractivity contribution in [1.82, 2.24) is 0 Å². The Labute approximate surface area is 96.6 Å². The zero-order valence-corrected chi connectivity index (χ0v) is 9.94. The number of benzene rings is 1. The Balaban J connectivity index is 2.83. The Kier molecular flexibility index (Phi) is 4.42. The summed E-state index contributed by atoms with van der Waals surface area (Å²) in [5.41, 5.74) is 8.25. The lowest BCUT2D eigenvalue weighted by atomic mass is 10.1. The van der Waals surface area contributed by atoms with Gasteiger partial charge in [-0.1, -0.05) is 28.1 Å². The third-order valence-corrected chi connectivity index (χ3v) is 2.84. The molecule has 0 aliphatic rings. The van der Waals surface area contributed by atoms with Gasteiger partial charge < -0.3 is 5.73 Å². The van der Waals surface area contributed by atoms with Crippen LogP contribution < -0.4 is 5.73 Å². The molecule has 0 radical (unpaired) electrons. The van der Waals surface area contributed by atoms with Crippen LogP contribution in [0.4, 0.5) is 5.69 Å². The normalized spacial score (nSPS) is 10.1. The quantitative estimate of drug-likeness (QED) is 0.678. The van der Waals surface area contributed by atoms with E-state index < -0.39 is 0 Å². The molecule has 4 heteroatoms. The van der Waals surface area contributed by atoms with E-state index in [4.69, 9.17) is 17.3 Å². The summed E-state index contributed by atoms with van der Waals surface area (Å²) in [5.74, 6) is 0.562. The number of carbonyl (C=O) groups excluding carboxylic acids is 1. The second-order valence-electron chi connectivity index (χ2n) is 3.02. The predicted molar refractivity (Wildman–Crippen MR) is 62.9 cm³/mol. The highest BCUT2D eigenvalue weighted by Crippen LogP contribution is 2.16. The van der Waals surface area contributed by atoms with Crippen molar-refractivity contribution >= 4 is 39.0 Å². The van der Waals surface area contributed by atoms with Crippen LogP contribution in [0.25, 0.3) is 0 Å². The van der Waals surface area contributed by atoms with Crippen LogP contribution in [0.1, 0.15) is 11.1 Å². The van der Waals surface area contributed by atoms with Crippen molar-refractivity contribution < 1.29 is 4.79 Å². The third kappa shape index (κ3) is 3.00. The first-order chi connectivity index (χ1) is 6.67. The molecular formula is C10H11BrClNO. The molecular weight excluding hydrogens is 265 g/mol. The molecule has 0 spiro atoms. The number of nitrogens with two attached hydrogens (primary N) is 1. The molecule has 0 amide bonds.